The Morgan fingerprint density at radius 1 is 0.519 bits per heavy atom. The van der Waals surface area contributed by atoms with Crippen LogP contribution in [0.3, 0.4) is 0 Å². The van der Waals surface area contributed by atoms with Gasteiger partial charge in [-0.15, -0.1) is 0 Å². The largest absolute Gasteiger partial charge is 0.454 e. The highest BCUT2D eigenvalue weighted by atomic mass is 16.7. The second kappa shape index (κ2) is 53.2. The number of allylic oxidation sites excluding steroid dienone is 15. The van der Waals surface area contributed by atoms with Crippen molar-refractivity contribution < 1.29 is 49.3 Å². The number of rotatable bonds is 51. The van der Waals surface area contributed by atoms with Gasteiger partial charge in [-0.2, -0.15) is 0 Å². The predicted octanol–water partition coefficient (Wildman–Crippen LogP) is 14.7. The SMILES string of the molecule is CC/C=C\C/C=C\C/C=C\C/C=C\C/C=C\CCC(O)C(=O)NC(COC1OC(CO)C(O)C(O)C1OC(=O)CCCCCCCCCCC/C=C\C/C=C\CCCCC)C(O)/C=C/CCCCCCCCCCCCC. The van der Waals surface area contributed by atoms with Crippen LogP contribution < -0.4 is 5.32 Å². The van der Waals surface area contributed by atoms with Gasteiger partial charge in [-0.1, -0.05) is 240 Å². The van der Waals surface area contributed by atoms with E-state index in [-0.39, 0.29) is 19.4 Å². The molecule has 0 spiro atoms. The van der Waals surface area contributed by atoms with E-state index in [1.165, 1.54) is 103 Å². The summed E-state index contributed by atoms with van der Waals surface area (Å²) in [6.45, 7) is 5.61. The molecule has 11 heteroatoms. The van der Waals surface area contributed by atoms with Crippen molar-refractivity contribution in [1.29, 1.82) is 0 Å². The van der Waals surface area contributed by atoms with Crippen molar-refractivity contribution in [3.63, 3.8) is 0 Å². The highest BCUT2D eigenvalue weighted by molar-refractivity contribution is 5.80. The monoisotopic (exact) mass is 1080 g/mol. The first kappa shape index (κ1) is 71.6. The van der Waals surface area contributed by atoms with Gasteiger partial charge >= 0.3 is 5.97 Å². The molecule has 0 aliphatic carbocycles. The molecule has 1 saturated heterocycles. The van der Waals surface area contributed by atoms with E-state index in [1.54, 1.807) is 6.08 Å². The molecule has 11 nitrogen and oxygen atoms in total. The molecule has 77 heavy (non-hydrogen) atoms. The maximum atomic E-state index is 13.4. The van der Waals surface area contributed by atoms with Crippen LogP contribution >= 0.6 is 0 Å². The number of hydrogen-bond acceptors (Lipinski definition) is 10. The minimum atomic E-state index is -1.63. The first-order valence-electron chi connectivity index (χ1n) is 31.0. The third-order valence-electron chi connectivity index (χ3n) is 14.0. The number of aliphatic hydroxyl groups is 5. The number of ether oxygens (including phenoxy) is 3. The molecule has 8 unspecified atom stereocenters. The Bertz CT molecular complexity index is 1620. The van der Waals surface area contributed by atoms with Crippen molar-refractivity contribution in [3.8, 4) is 0 Å². The van der Waals surface area contributed by atoms with Crippen molar-refractivity contribution in [2.24, 2.45) is 0 Å². The zero-order valence-electron chi connectivity index (χ0n) is 48.8. The van der Waals surface area contributed by atoms with Crippen LogP contribution in [0.2, 0.25) is 0 Å². The van der Waals surface area contributed by atoms with Crippen LogP contribution in [0.1, 0.15) is 245 Å². The van der Waals surface area contributed by atoms with Gasteiger partial charge in [-0.25, -0.2) is 0 Å². The Morgan fingerprint density at radius 3 is 1.43 bits per heavy atom. The van der Waals surface area contributed by atoms with E-state index in [4.69, 9.17) is 14.2 Å². The molecule has 1 rings (SSSR count). The topological polar surface area (TPSA) is 175 Å². The summed E-state index contributed by atoms with van der Waals surface area (Å²) in [5.41, 5.74) is 0. The lowest BCUT2D eigenvalue weighted by Crippen LogP contribution is -2.61. The highest BCUT2D eigenvalue weighted by Crippen LogP contribution is 2.26. The molecule has 1 aliphatic heterocycles. The molecule has 1 fully saturated rings. The van der Waals surface area contributed by atoms with Crippen LogP contribution in [0, 0.1) is 0 Å². The standard InChI is InChI=1S/C66H113NO10/c1-4-7-10-13-16-19-22-25-27-29-30-31-33-36-39-42-45-48-51-54-61(71)77-64-63(73)62(72)60(55-68)76-66(64)75-56-57(58(69)52-49-46-43-40-37-34-24-21-18-15-12-9-6-3)67-65(74)59(70)53-50-47-44-41-38-35-32-28-26-23-20-17-14-11-8-5-2/h8,11,16-17,19-20,25-28,35,38,44,47,49,52,57-60,62-64,66,68-70,72-73H,4-7,9-10,12-15,18,21-24,29-34,36-37,39-43,45-46,48,50-51,53-56H2,1-3H3,(H,67,74)/b11-8-,19-16-,20-17-,27-25-,28-26-,38-35-,47-44-,52-49+. The second-order valence-electron chi connectivity index (χ2n) is 21.0. The number of amides is 1. The summed E-state index contributed by atoms with van der Waals surface area (Å²) in [5, 5.41) is 56.9. The molecule has 0 saturated carbocycles. The third-order valence-corrected chi connectivity index (χ3v) is 14.0. The lowest BCUT2D eigenvalue weighted by Gasteiger charge is -2.41. The van der Waals surface area contributed by atoms with Crippen molar-refractivity contribution in [2.45, 2.75) is 294 Å². The summed E-state index contributed by atoms with van der Waals surface area (Å²) in [6.07, 6.45) is 60.2. The number of nitrogens with one attached hydrogen (secondary N) is 1. The third kappa shape index (κ3) is 41.3. The molecule has 8 atom stereocenters. The molecule has 0 aromatic carbocycles. The summed E-state index contributed by atoms with van der Waals surface area (Å²) in [7, 11) is 0. The summed E-state index contributed by atoms with van der Waals surface area (Å²) in [6, 6.07) is -1.06. The minimum absolute atomic E-state index is 0.108. The van der Waals surface area contributed by atoms with Crippen molar-refractivity contribution in [2.75, 3.05) is 13.2 Å². The number of carbonyl (C=O) groups excluding carboxylic acids is 2. The van der Waals surface area contributed by atoms with E-state index >= 15 is 0 Å². The fraction of sp³-hybridized carbons (Fsp3) is 0.727. The zero-order valence-corrected chi connectivity index (χ0v) is 48.8. The first-order valence-corrected chi connectivity index (χ1v) is 31.0. The van der Waals surface area contributed by atoms with E-state index in [1.807, 2.05) is 18.2 Å². The molecule has 442 valence electrons. The fourth-order valence-electron chi connectivity index (χ4n) is 9.07. The Hall–Kier alpha value is -3.42. The van der Waals surface area contributed by atoms with E-state index in [2.05, 4.69) is 99.0 Å². The van der Waals surface area contributed by atoms with Crippen LogP contribution in [0.4, 0.5) is 0 Å². The van der Waals surface area contributed by atoms with Gasteiger partial charge in [-0.05, 0) is 96.3 Å². The van der Waals surface area contributed by atoms with Crippen molar-refractivity contribution in [1.82, 2.24) is 5.32 Å². The molecular weight excluding hydrogens is 967 g/mol. The maximum Gasteiger partial charge on any atom is 0.306 e. The van der Waals surface area contributed by atoms with Crippen LogP contribution in [0.5, 0.6) is 0 Å². The van der Waals surface area contributed by atoms with Crippen LogP contribution in [-0.4, -0.2) is 99.6 Å². The Kier molecular flexibility index (Phi) is 49.5. The molecule has 1 amide bonds. The predicted molar refractivity (Wildman–Crippen MR) is 319 cm³/mol. The first-order chi connectivity index (χ1) is 37.7. The molecule has 6 N–H and O–H groups in total. The maximum absolute atomic E-state index is 13.4. The van der Waals surface area contributed by atoms with Crippen molar-refractivity contribution in [3.05, 3.63) is 97.2 Å². The number of esters is 1. The second-order valence-corrected chi connectivity index (χ2v) is 21.0. The van der Waals surface area contributed by atoms with E-state index in [0.717, 1.165) is 96.3 Å². The van der Waals surface area contributed by atoms with Gasteiger partial charge in [0.1, 0.15) is 24.4 Å². The van der Waals surface area contributed by atoms with E-state index in [9.17, 15) is 35.1 Å². The number of unbranched alkanes of at least 4 members (excludes halogenated alkanes) is 23. The molecule has 0 radical (unpaired) electrons. The van der Waals surface area contributed by atoms with Gasteiger partial charge in [0.25, 0.3) is 0 Å². The normalized spacial score (nSPS) is 19.7. The average Bonchev–Trinajstić information content (AvgIpc) is 3.43. The molecular formula is C66H113NO10. The molecule has 0 bridgehead atoms. The van der Waals surface area contributed by atoms with Crippen LogP contribution in [0.15, 0.2) is 97.2 Å². The van der Waals surface area contributed by atoms with Gasteiger partial charge in [0.2, 0.25) is 5.91 Å². The number of carbonyl (C=O) groups is 2. The van der Waals surface area contributed by atoms with Gasteiger partial charge < -0.3 is 45.1 Å². The summed E-state index contributed by atoms with van der Waals surface area (Å²) >= 11 is 0. The quantitative estimate of drug-likeness (QED) is 0.0195. The molecule has 0 aromatic rings. The number of aliphatic hydroxyl groups excluding tert-OH is 5. The smallest absolute Gasteiger partial charge is 0.306 e. The average molecular weight is 1080 g/mol. The Labute approximate surface area is 469 Å². The van der Waals surface area contributed by atoms with Crippen molar-refractivity contribution >= 4 is 11.9 Å². The van der Waals surface area contributed by atoms with E-state index < -0.39 is 67.4 Å². The van der Waals surface area contributed by atoms with Gasteiger partial charge in [0, 0.05) is 6.42 Å². The zero-order chi connectivity index (χ0) is 56.1. The summed E-state index contributed by atoms with van der Waals surface area (Å²) < 4.78 is 17.6. The van der Waals surface area contributed by atoms with Gasteiger partial charge in [-0.3, -0.25) is 9.59 Å². The summed E-state index contributed by atoms with van der Waals surface area (Å²) in [4.78, 5) is 26.5. The lowest BCUT2D eigenvalue weighted by molar-refractivity contribution is -0.305. The van der Waals surface area contributed by atoms with Crippen LogP contribution in [-0.2, 0) is 23.8 Å². The summed E-state index contributed by atoms with van der Waals surface area (Å²) in [5.74, 6) is -1.26. The minimum Gasteiger partial charge on any atom is -0.454 e. The lowest BCUT2D eigenvalue weighted by atomic mass is 9.99. The van der Waals surface area contributed by atoms with Crippen LogP contribution in [0.25, 0.3) is 0 Å². The Balaban J connectivity index is 2.73. The molecule has 0 aromatic heterocycles. The highest BCUT2D eigenvalue weighted by Gasteiger charge is 2.47. The molecule has 1 aliphatic rings. The Morgan fingerprint density at radius 2 is 0.935 bits per heavy atom. The number of hydrogen-bond donors (Lipinski definition) is 6. The van der Waals surface area contributed by atoms with Gasteiger partial charge in [0.15, 0.2) is 12.4 Å². The molecule has 1 heterocycles. The van der Waals surface area contributed by atoms with Gasteiger partial charge in [0.05, 0.1) is 25.4 Å². The fourth-order valence-corrected chi connectivity index (χ4v) is 9.07. The van der Waals surface area contributed by atoms with E-state index in [0.29, 0.717) is 12.8 Å².